The van der Waals surface area contributed by atoms with Gasteiger partial charge in [0.05, 0.1) is 12.7 Å². The van der Waals surface area contributed by atoms with Gasteiger partial charge in [0, 0.05) is 0 Å². The number of carbonyl (C=O) groups is 1. The summed E-state index contributed by atoms with van der Waals surface area (Å²) < 4.78 is 5.22. The maximum absolute atomic E-state index is 12.3. The fraction of sp³-hybridized carbons (Fsp3) is 0.174. The van der Waals surface area contributed by atoms with Crippen molar-refractivity contribution in [3.05, 3.63) is 83.9 Å². The van der Waals surface area contributed by atoms with Gasteiger partial charge in [-0.1, -0.05) is 74.9 Å². The molecule has 3 aromatic carbocycles. The van der Waals surface area contributed by atoms with Gasteiger partial charge >= 0.3 is 0 Å². The molecule has 128 valence electrons. The molecular formula is C23H24O2. The second-order valence-electron chi connectivity index (χ2n) is 5.71. The maximum Gasteiger partial charge on any atom is 0.189 e. The molecule has 0 fully saturated rings. The number of hydrogen-bond acceptors (Lipinski definition) is 2. The van der Waals surface area contributed by atoms with Crippen LogP contribution in [0, 0.1) is 0 Å². The van der Waals surface area contributed by atoms with Crippen LogP contribution < -0.4 is 4.74 Å². The number of allylic oxidation sites excluding steroid dienone is 1. The fourth-order valence-corrected chi connectivity index (χ4v) is 2.42. The molecule has 0 saturated carbocycles. The second kappa shape index (κ2) is 9.43. The molecule has 0 saturated heterocycles. The Bertz CT molecular complexity index is 863. The average Bonchev–Trinajstić information content (AvgIpc) is 2.66. The zero-order valence-corrected chi connectivity index (χ0v) is 15.0. The van der Waals surface area contributed by atoms with Gasteiger partial charge in [0.25, 0.3) is 0 Å². The van der Waals surface area contributed by atoms with E-state index in [0.717, 1.165) is 10.9 Å². The summed E-state index contributed by atoms with van der Waals surface area (Å²) >= 11 is 0. The van der Waals surface area contributed by atoms with Crippen molar-refractivity contribution in [3.8, 4) is 5.75 Å². The fourth-order valence-electron chi connectivity index (χ4n) is 2.42. The van der Waals surface area contributed by atoms with Gasteiger partial charge in [-0.2, -0.15) is 0 Å². The van der Waals surface area contributed by atoms with Gasteiger partial charge in [-0.15, -0.1) is 0 Å². The number of carbonyl (C=O) groups excluding carboxylic acids is 1. The Hall–Kier alpha value is -2.87. The average molecular weight is 332 g/mol. The SMILES string of the molecule is CCC.COc1ccccc1C(=O)/C=C/c1ccc2ccccc2c1. The molecule has 0 radical (unpaired) electrons. The minimum atomic E-state index is -0.0643. The van der Waals surface area contributed by atoms with Crippen LogP contribution in [0.3, 0.4) is 0 Å². The first kappa shape index (κ1) is 18.5. The zero-order valence-electron chi connectivity index (χ0n) is 15.0. The number of methoxy groups -OCH3 is 1. The smallest absolute Gasteiger partial charge is 0.189 e. The zero-order chi connectivity index (χ0) is 18.1. The van der Waals surface area contributed by atoms with Crippen LogP contribution in [0.2, 0.25) is 0 Å². The van der Waals surface area contributed by atoms with Crippen LogP contribution >= 0.6 is 0 Å². The van der Waals surface area contributed by atoms with Gasteiger partial charge in [-0.05, 0) is 40.6 Å². The lowest BCUT2D eigenvalue weighted by atomic mass is 10.1. The highest BCUT2D eigenvalue weighted by atomic mass is 16.5. The van der Waals surface area contributed by atoms with Gasteiger partial charge in [0.1, 0.15) is 5.75 Å². The molecule has 0 aromatic heterocycles. The number of rotatable bonds is 4. The van der Waals surface area contributed by atoms with E-state index in [2.05, 4.69) is 38.1 Å². The standard InChI is InChI=1S/C20H16O2.C3H8/c1-22-20-9-5-4-8-18(20)19(21)13-11-15-10-12-16-6-2-3-7-17(16)14-15;1-3-2/h2-14H,1H3;3H2,1-2H3/b13-11+;. The molecule has 0 bridgehead atoms. The molecule has 3 aromatic rings. The monoisotopic (exact) mass is 332 g/mol. The third kappa shape index (κ3) is 5.05. The number of ketones is 1. The molecule has 0 aliphatic heterocycles. The molecule has 0 aliphatic carbocycles. The van der Waals surface area contributed by atoms with Crippen molar-refractivity contribution in [1.29, 1.82) is 0 Å². The topological polar surface area (TPSA) is 26.3 Å². The van der Waals surface area contributed by atoms with E-state index in [1.165, 1.54) is 11.8 Å². The Morgan fingerprint density at radius 1 is 0.920 bits per heavy atom. The van der Waals surface area contributed by atoms with E-state index in [1.54, 1.807) is 25.3 Å². The van der Waals surface area contributed by atoms with Gasteiger partial charge < -0.3 is 4.74 Å². The van der Waals surface area contributed by atoms with E-state index in [4.69, 9.17) is 4.74 Å². The molecule has 0 aliphatic rings. The van der Waals surface area contributed by atoms with Crippen LogP contribution in [-0.2, 0) is 0 Å². The van der Waals surface area contributed by atoms with Crippen LogP contribution in [-0.4, -0.2) is 12.9 Å². The third-order valence-electron chi connectivity index (χ3n) is 3.57. The summed E-state index contributed by atoms with van der Waals surface area (Å²) in [4.78, 5) is 12.3. The first-order valence-corrected chi connectivity index (χ1v) is 8.53. The van der Waals surface area contributed by atoms with Crippen LogP contribution in [0.1, 0.15) is 36.2 Å². The van der Waals surface area contributed by atoms with Crippen molar-refractivity contribution in [2.75, 3.05) is 7.11 Å². The van der Waals surface area contributed by atoms with E-state index < -0.39 is 0 Å². The quantitative estimate of drug-likeness (QED) is 0.422. The normalized spacial score (nSPS) is 10.4. The number of para-hydroxylation sites is 1. The van der Waals surface area contributed by atoms with Gasteiger partial charge in [0.15, 0.2) is 5.78 Å². The highest BCUT2D eigenvalue weighted by Gasteiger charge is 2.07. The van der Waals surface area contributed by atoms with Crippen LogP contribution in [0.5, 0.6) is 5.75 Å². The molecule has 0 spiro atoms. The first-order chi connectivity index (χ1) is 12.2. The summed E-state index contributed by atoms with van der Waals surface area (Å²) in [6.45, 7) is 4.25. The van der Waals surface area contributed by atoms with Crippen molar-refractivity contribution < 1.29 is 9.53 Å². The summed E-state index contributed by atoms with van der Waals surface area (Å²) in [5.74, 6) is 0.529. The second-order valence-corrected chi connectivity index (χ2v) is 5.71. The number of fused-ring (bicyclic) bond motifs is 1. The van der Waals surface area contributed by atoms with E-state index in [9.17, 15) is 4.79 Å². The van der Waals surface area contributed by atoms with Crippen molar-refractivity contribution >= 4 is 22.6 Å². The highest BCUT2D eigenvalue weighted by molar-refractivity contribution is 6.08. The van der Waals surface area contributed by atoms with Crippen LogP contribution in [0.15, 0.2) is 72.8 Å². The molecule has 2 nitrogen and oxygen atoms in total. The Balaban J connectivity index is 0.000000701. The highest BCUT2D eigenvalue weighted by Crippen LogP contribution is 2.20. The summed E-state index contributed by atoms with van der Waals surface area (Å²) in [7, 11) is 1.57. The Morgan fingerprint density at radius 3 is 2.28 bits per heavy atom. The minimum Gasteiger partial charge on any atom is -0.496 e. The lowest BCUT2D eigenvalue weighted by Crippen LogP contribution is -1.98. The molecule has 2 heteroatoms. The summed E-state index contributed by atoms with van der Waals surface area (Å²) in [5, 5.41) is 2.35. The van der Waals surface area contributed by atoms with Crippen molar-refractivity contribution in [3.63, 3.8) is 0 Å². The van der Waals surface area contributed by atoms with E-state index in [0.29, 0.717) is 11.3 Å². The Labute approximate surface area is 149 Å². The van der Waals surface area contributed by atoms with E-state index >= 15 is 0 Å². The Morgan fingerprint density at radius 2 is 1.56 bits per heavy atom. The van der Waals surface area contributed by atoms with Crippen LogP contribution in [0.25, 0.3) is 16.8 Å². The minimum absolute atomic E-state index is 0.0643. The number of ether oxygens (including phenoxy) is 1. The van der Waals surface area contributed by atoms with E-state index in [-0.39, 0.29) is 5.78 Å². The summed E-state index contributed by atoms with van der Waals surface area (Å²) in [5.41, 5.74) is 1.57. The molecule has 0 unspecified atom stereocenters. The third-order valence-corrected chi connectivity index (χ3v) is 3.57. The largest absolute Gasteiger partial charge is 0.496 e. The Kier molecular flexibility index (Phi) is 6.97. The van der Waals surface area contributed by atoms with Gasteiger partial charge in [-0.3, -0.25) is 4.79 Å². The lowest BCUT2D eigenvalue weighted by Gasteiger charge is -2.04. The molecule has 0 atom stereocenters. The summed E-state index contributed by atoms with van der Waals surface area (Å²) in [6.07, 6.45) is 4.67. The first-order valence-electron chi connectivity index (χ1n) is 8.53. The van der Waals surface area contributed by atoms with Crippen molar-refractivity contribution in [1.82, 2.24) is 0 Å². The van der Waals surface area contributed by atoms with Crippen molar-refractivity contribution in [2.24, 2.45) is 0 Å². The molecular weight excluding hydrogens is 308 g/mol. The summed E-state index contributed by atoms with van der Waals surface area (Å²) in [6, 6.07) is 21.5. The lowest BCUT2D eigenvalue weighted by molar-refractivity contribution is 0.104. The van der Waals surface area contributed by atoms with Gasteiger partial charge in [-0.25, -0.2) is 0 Å². The molecule has 0 heterocycles. The van der Waals surface area contributed by atoms with Crippen LogP contribution in [0.4, 0.5) is 0 Å². The predicted octanol–water partition coefficient (Wildman–Crippen LogP) is 6.16. The van der Waals surface area contributed by atoms with Gasteiger partial charge in [0.2, 0.25) is 0 Å². The molecule has 3 rings (SSSR count). The molecule has 25 heavy (non-hydrogen) atoms. The predicted molar refractivity (Wildman–Crippen MR) is 106 cm³/mol. The number of benzene rings is 3. The molecule has 0 amide bonds. The van der Waals surface area contributed by atoms with Crippen molar-refractivity contribution in [2.45, 2.75) is 20.3 Å². The molecule has 0 N–H and O–H groups in total. The number of hydrogen-bond donors (Lipinski definition) is 0. The van der Waals surface area contributed by atoms with E-state index in [1.807, 2.05) is 36.4 Å². The maximum atomic E-state index is 12.3.